The van der Waals surface area contributed by atoms with Gasteiger partial charge in [0.2, 0.25) is 5.91 Å². The van der Waals surface area contributed by atoms with Crippen LogP contribution in [0.15, 0.2) is 33.8 Å². The summed E-state index contributed by atoms with van der Waals surface area (Å²) in [4.78, 5) is 27.9. The van der Waals surface area contributed by atoms with E-state index >= 15 is 0 Å². The number of hydrogen-bond acceptors (Lipinski definition) is 7. The lowest BCUT2D eigenvalue weighted by atomic mass is 10.3. The van der Waals surface area contributed by atoms with Crippen molar-refractivity contribution in [1.82, 2.24) is 9.72 Å². The molecule has 148 valence electrons. The van der Waals surface area contributed by atoms with Crippen LogP contribution in [0.1, 0.15) is 5.76 Å². The summed E-state index contributed by atoms with van der Waals surface area (Å²) >= 11 is 1.05. The molecule has 0 unspecified atom stereocenters. The zero-order valence-electron chi connectivity index (χ0n) is 14.8. The van der Waals surface area contributed by atoms with Crippen molar-refractivity contribution >= 4 is 49.0 Å². The molecule has 2 aromatic heterocycles. The first-order valence-corrected chi connectivity index (χ1v) is 10.5. The Morgan fingerprint density at radius 3 is 2.75 bits per heavy atom. The van der Waals surface area contributed by atoms with Crippen LogP contribution in [0.3, 0.4) is 0 Å². The molecule has 0 atom stereocenters. The van der Waals surface area contributed by atoms with E-state index in [0.29, 0.717) is 16.0 Å². The number of hydrogen-bond donors (Lipinski definition) is 1. The molecule has 28 heavy (non-hydrogen) atoms. The van der Waals surface area contributed by atoms with Crippen LogP contribution >= 0.6 is 11.3 Å². The molecule has 0 aliphatic carbocycles. The topological polar surface area (TPSA) is 124 Å². The summed E-state index contributed by atoms with van der Waals surface area (Å²) in [5, 5.41) is 5.80. The lowest BCUT2D eigenvalue weighted by Crippen LogP contribution is -2.28. The second-order valence-electron chi connectivity index (χ2n) is 5.96. The molecule has 0 aliphatic rings. The van der Waals surface area contributed by atoms with Crippen LogP contribution in [-0.2, 0) is 26.5 Å². The standard InChI is InChI=1S/C16H15FN4O5S2/c1-9-5-13(20-26-9)18-14(22)7-28(24,25)8-15(23)19-16-21(2)11-4-3-10(17)6-12(11)27-16/h3-6H,7-8H2,1-2H3,(H,18,20,22). The van der Waals surface area contributed by atoms with Crippen molar-refractivity contribution in [2.45, 2.75) is 6.92 Å². The summed E-state index contributed by atoms with van der Waals surface area (Å²) in [7, 11) is -2.41. The Hall–Kier alpha value is -2.86. The summed E-state index contributed by atoms with van der Waals surface area (Å²) in [6, 6.07) is 5.54. The maximum absolute atomic E-state index is 13.3. The zero-order valence-corrected chi connectivity index (χ0v) is 16.4. The van der Waals surface area contributed by atoms with Gasteiger partial charge in [0, 0.05) is 13.1 Å². The van der Waals surface area contributed by atoms with Gasteiger partial charge in [0.1, 0.15) is 23.1 Å². The van der Waals surface area contributed by atoms with Gasteiger partial charge < -0.3 is 14.4 Å². The fraction of sp³-hybridized carbons (Fsp3) is 0.250. The molecule has 9 nitrogen and oxygen atoms in total. The molecule has 1 aromatic carbocycles. The molecule has 1 N–H and O–H groups in total. The van der Waals surface area contributed by atoms with E-state index in [0.717, 1.165) is 11.3 Å². The number of fused-ring (bicyclic) bond motifs is 1. The Bertz CT molecular complexity index is 1240. The average molecular weight is 426 g/mol. The minimum absolute atomic E-state index is 0.0817. The molecule has 0 fully saturated rings. The average Bonchev–Trinajstić information content (AvgIpc) is 3.09. The number of benzene rings is 1. The third-order valence-corrected chi connectivity index (χ3v) is 6.06. The molecule has 0 radical (unpaired) electrons. The highest BCUT2D eigenvalue weighted by Crippen LogP contribution is 2.17. The highest BCUT2D eigenvalue weighted by atomic mass is 32.2. The second kappa shape index (κ2) is 7.64. The number of aryl methyl sites for hydroxylation is 2. The van der Waals surface area contributed by atoms with Crippen LogP contribution in [0.4, 0.5) is 10.2 Å². The molecular weight excluding hydrogens is 411 g/mol. The SMILES string of the molecule is Cc1cc(NC(=O)CS(=O)(=O)CC(=O)N=c2sc3cc(F)ccc3n2C)no1. The van der Waals surface area contributed by atoms with Gasteiger partial charge >= 0.3 is 0 Å². The molecule has 0 bridgehead atoms. The summed E-state index contributed by atoms with van der Waals surface area (Å²) in [5.74, 6) is -3.49. The number of sulfone groups is 1. The van der Waals surface area contributed by atoms with E-state index in [1.807, 2.05) is 0 Å². The van der Waals surface area contributed by atoms with Gasteiger partial charge in [-0.1, -0.05) is 16.5 Å². The molecule has 2 heterocycles. The van der Waals surface area contributed by atoms with E-state index in [4.69, 9.17) is 4.52 Å². The maximum atomic E-state index is 13.3. The normalized spacial score (nSPS) is 12.5. The van der Waals surface area contributed by atoms with Crippen molar-refractivity contribution in [3.05, 3.63) is 40.6 Å². The maximum Gasteiger partial charge on any atom is 0.263 e. The van der Waals surface area contributed by atoms with Gasteiger partial charge in [0.15, 0.2) is 20.5 Å². The number of nitrogens with zero attached hydrogens (tertiary/aromatic N) is 3. The Kier molecular flexibility index (Phi) is 5.42. The lowest BCUT2D eigenvalue weighted by molar-refractivity contribution is -0.115. The lowest BCUT2D eigenvalue weighted by Gasteiger charge is -2.02. The van der Waals surface area contributed by atoms with Gasteiger partial charge in [-0.3, -0.25) is 9.59 Å². The van der Waals surface area contributed by atoms with Crippen LogP contribution in [0.2, 0.25) is 0 Å². The number of thiazole rings is 1. The van der Waals surface area contributed by atoms with Gasteiger partial charge in [-0.15, -0.1) is 0 Å². The van der Waals surface area contributed by atoms with Crippen molar-refractivity contribution in [3.63, 3.8) is 0 Å². The summed E-state index contributed by atoms with van der Waals surface area (Å²) in [5.41, 5.74) is 0.656. The molecule has 2 amide bonds. The van der Waals surface area contributed by atoms with Crippen molar-refractivity contribution < 1.29 is 26.9 Å². The number of amides is 2. The van der Waals surface area contributed by atoms with E-state index in [2.05, 4.69) is 15.5 Å². The second-order valence-corrected chi connectivity index (χ2v) is 9.04. The van der Waals surface area contributed by atoms with Crippen molar-refractivity contribution in [2.75, 3.05) is 16.8 Å². The Balaban J connectivity index is 1.72. The quantitative estimate of drug-likeness (QED) is 0.653. The highest BCUT2D eigenvalue weighted by molar-refractivity contribution is 7.92. The van der Waals surface area contributed by atoms with E-state index in [9.17, 15) is 22.4 Å². The summed E-state index contributed by atoms with van der Waals surface area (Å²) in [6.07, 6.45) is 0. The first kappa shape index (κ1) is 19.9. The number of halogens is 1. The van der Waals surface area contributed by atoms with Crippen LogP contribution < -0.4 is 10.1 Å². The fourth-order valence-electron chi connectivity index (χ4n) is 2.40. The molecule has 0 spiro atoms. The first-order valence-electron chi connectivity index (χ1n) is 7.89. The molecule has 3 rings (SSSR count). The van der Waals surface area contributed by atoms with E-state index < -0.39 is 39.0 Å². The predicted molar refractivity (Wildman–Crippen MR) is 99.8 cm³/mol. The van der Waals surface area contributed by atoms with Gasteiger partial charge in [0.25, 0.3) is 5.91 Å². The minimum Gasteiger partial charge on any atom is -0.360 e. The smallest absolute Gasteiger partial charge is 0.263 e. The third-order valence-electron chi connectivity index (χ3n) is 3.58. The largest absolute Gasteiger partial charge is 0.360 e. The molecule has 3 aromatic rings. The zero-order chi connectivity index (χ0) is 20.5. The van der Waals surface area contributed by atoms with Gasteiger partial charge in [-0.2, -0.15) is 4.99 Å². The first-order chi connectivity index (χ1) is 13.1. The minimum atomic E-state index is -4.04. The Morgan fingerprint density at radius 1 is 1.32 bits per heavy atom. The van der Waals surface area contributed by atoms with Crippen molar-refractivity contribution in [2.24, 2.45) is 12.0 Å². The van der Waals surface area contributed by atoms with Crippen LogP contribution in [0.25, 0.3) is 10.2 Å². The number of nitrogens with one attached hydrogen (secondary N) is 1. The number of aromatic nitrogens is 2. The van der Waals surface area contributed by atoms with E-state index in [1.54, 1.807) is 18.5 Å². The third kappa shape index (κ3) is 4.70. The number of carbonyl (C=O) groups excluding carboxylic acids is 2. The monoisotopic (exact) mass is 426 g/mol. The molecule has 12 heteroatoms. The Morgan fingerprint density at radius 2 is 2.07 bits per heavy atom. The summed E-state index contributed by atoms with van der Waals surface area (Å²) in [6.45, 7) is 1.61. The number of anilines is 1. The summed E-state index contributed by atoms with van der Waals surface area (Å²) < 4.78 is 44.4. The van der Waals surface area contributed by atoms with E-state index in [1.165, 1.54) is 24.3 Å². The van der Waals surface area contributed by atoms with Crippen LogP contribution in [-0.4, -0.2) is 41.5 Å². The van der Waals surface area contributed by atoms with Crippen molar-refractivity contribution in [1.29, 1.82) is 0 Å². The van der Waals surface area contributed by atoms with Gasteiger partial charge in [0.05, 0.1) is 10.2 Å². The molecule has 0 saturated carbocycles. The van der Waals surface area contributed by atoms with Gasteiger partial charge in [-0.25, -0.2) is 12.8 Å². The molecular formula is C16H15FN4O5S2. The molecule has 0 saturated heterocycles. The predicted octanol–water partition coefficient (Wildman–Crippen LogP) is 1.16. The van der Waals surface area contributed by atoms with Crippen molar-refractivity contribution in [3.8, 4) is 0 Å². The van der Waals surface area contributed by atoms with Crippen LogP contribution in [0.5, 0.6) is 0 Å². The number of rotatable bonds is 5. The Labute approximate surface area is 162 Å². The highest BCUT2D eigenvalue weighted by Gasteiger charge is 2.21. The van der Waals surface area contributed by atoms with Gasteiger partial charge in [-0.05, 0) is 25.1 Å². The molecule has 0 aliphatic heterocycles. The van der Waals surface area contributed by atoms with Crippen LogP contribution in [0, 0.1) is 12.7 Å². The number of carbonyl (C=O) groups is 2. The fourth-order valence-corrected chi connectivity index (χ4v) is 4.47. The van der Waals surface area contributed by atoms with E-state index in [-0.39, 0.29) is 10.6 Å².